The molecule has 24 heavy (non-hydrogen) atoms. The molecule has 6 heteroatoms. The van der Waals surface area contributed by atoms with Gasteiger partial charge in [-0.25, -0.2) is 4.98 Å². The fourth-order valence-corrected chi connectivity index (χ4v) is 2.52. The summed E-state index contributed by atoms with van der Waals surface area (Å²) in [5.41, 5.74) is 3.29. The van der Waals surface area contributed by atoms with Crippen LogP contribution in [-0.2, 0) is 11.2 Å². The molecule has 2 heterocycles. The van der Waals surface area contributed by atoms with E-state index in [-0.39, 0.29) is 18.9 Å². The number of amides is 1. The van der Waals surface area contributed by atoms with Crippen molar-refractivity contribution in [3.8, 4) is 0 Å². The van der Waals surface area contributed by atoms with Crippen molar-refractivity contribution in [3.05, 3.63) is 60.6 Å². The first-order valence-electron chi connectivity index (χ1n) is 7.80. The van der Waals surface area contributed by atoms with E-state index in [9.17, 15) is 4.79 Å². The summed E-state index contributed by atoms with van der Waals surface area (Å²) < 4.78 is 1.90. The van der Waals surface area contributed by atoms with Crippen LogP contribution in [-0.4, -0.2) is 40.6 Å². The molecule has 0 saturated carbocycles. The lowest BCUT2D eigenvalue weighted by atomic mass is 10.2. The highest BCUT2D eigenvalue weighted by molar-refractivity contribution is 5.92. The molecule has 124 valence electrons. The molecule has 2 N–H and O–H groups in total. The summed E-state index contributed by atoms with van der Waals surface area (Å²) in [7, 11) is 1.91. The highest BCUT2D eigenvalue weighted by atomic mass is 16.3. The molecule has 6 nitrogen and oxygen atoms in total. The Kier molecular flexibility index (Phi) is 4.77. The van der Waals surface area contributed by atoms with Crippen LogP contribution < -0.4 is 10.2 Å². The molecule has 0 saturated heterocycles. The Balaban J connectivity index is 1.62. The molecule has 0 bridgehead atoms. The van der Waals surface area contributed by atoms with Gasteiger partial charge in [0, 0.05) is 37.4 Å². The molecule has 0 spiro atoms. The van der Waals surface area contributed by atoms with E-state index in [1.54, 1.807) is 0 Å². The van der Waals surface area contributed by atoms with Crippen LogP contribution in [0.5, 0.6) is 0 Å². The van der Waals surface area contributed by atoms with Crippen LogP contribution in [0.2, 0.25) is 0 Å². The van der Waals surface area contributed by atoms with Crippen LogP contribution in [0.25, 0.3) is 5.65 Å². The maximum atomic E-state index is 12.2. The molecule has 0 fully saturated rings. The van der Waals surface area contributed by atoms with Gasteiger partial charge in [0.1, 0.15) is 5.65 Å². The van der Waals surface area contributed by atoms with Crippen molar-refractivity contribution >= 4 is 22.9 Å². The van der Waals surface area contributed by atoms with Gasteiger partial charge in [0.25, 0.3) is 0 Å². The van der Waals surface area contributed by atoms with Gasteiger partial charge < -0.3 is 19.7 Å². The minimum absolute atomic E-state index is 0.102. The topological polar surface area (TPSA) is 69.9 Å². The van der Waals surface area contributed by atoms with E-state index in [1.807, 2.05) is 71.2 Å². The molecule has 0 unspecified atom stereocenters. The minimum Gasteiger partial charge on any atom is -0.395 e. The molecule has 0 aliphatic heterocycles. The van der Waals surface area contributed by atoms with Gasteiger partial charge in [0.15, 0.2) is 0 Å². The maximum absolute atomic E-state index is 12.2. The van der Waals surface area contributed by atoms with Crippen molar-refractivity contribution in [2.45, 2.75) is 6.42 Å². The number of fused-ring (bicyclic) bond motifs is 1. The average molecular weight is 324 g/mol. The first-order valence-corrected chi connectivity index (χ1v) is 7.80. The smallest absolute Gasteiger partial charge is 0.230 e. The molecule has 0 radical (unpaired) electrons. The van der Waals surface area contributed by atoms with Gasteiger partial charge in [-0.3, -0.25) is 4.79 Å². The van der Waals surface area contributed by atoms with E-state index in [0.717, 1.165) is 22.7 Å². The number of nitrogens with one attached hydrogen (secondary N) is 1. The Morgan fingerprint density at radius 3 is 2.75 bits per heavy atom. The number of anilines is 2. The molecule has 0 aliphatic rings. The molecule has 3 aromatic rings. The molecule has 0 aliphatic carbocycles. The van der Waals surface area contributed by atoms with Gasteiger partial charge in [0.05, 0.1) is 18.7 Å². The predicted molar refractivity (Wildman–Crippen MR) is 94.3 cm³/mol. The number of carbonyl (C=O) groups is 1. The van der Waals surface area contributed by atoms with Gasteiger partial charge in [0.2, 0.25) is 5.91 Å². The van der Waals surface area contributed by atoms with E-state index in [4.69, 9.17) is 5.11 Å². The zero-order chi connectivity index (χ0) is 16.9. The van der Waals surface area contributed by atoms with Gasteiger partial charge in [-0.1, -0.05) is 6.07 Å². The number of imidazole rings is 1. The van der Waals surface area contributed by atoms with Crippen LogP contribution in [0.3, 0.4) is 0 Å². The summed E-state index contributed by atoms with van der Waals surface area (Å²) in [5.74, 6) is -0.102. The molecular formula is C18H20N4O2. The Labute approximate surface area is 140 Å². The van der Waals surface area contributed by atoms with Gasteiger partial charge in [-0.05, 0) is 36.4 Å². The SMILES string of the molecule is CN(CCO)c1ccc(NC(=O)Cc2cn3ccccc3n2)cc1. The number of hydrogen-bond acceptors (Lipinski definition) is 4. The second-order valence-electron chi connectivity index (χ2n) is 5.62. The highest BCUT2D eigenvalue weighted by Gasteiger charge is 2.08. The monoisotopic (exact) mass is 324 g/mol. The fraction of sp³-hybridized carbons (Fsp3) is 0.222. The number of aliphatic hydroxyl groups is 1. The van der Waals surface area contributed by atoms with Crippen molar-refractivity contribution in [2.75, 3.05) is 30.4 Å². The number of aromatic nitrogens is 2. The van der Waals surface area contributed by atoms with Crippen molar-refractivity contribution in [2.24, 2.45) is 0 Å². The molecule has 1 aromatic carbocycles. The zero-order valence-corrected chi connectivity index (χ0v) is 13.5. The van der Waals surface area contributed by atoms with Crippen LogP contribution in [0.4, 0.5) is 11.4 Å². The van der Waals surface area contributed by atoms with E-state index in [1.165, 1.54) is 0 Å². The Morgan fingerprint density at radius 2 is 2.04 bits per heavy atom. The number of carbonyl (C=O) groups excluding carboxylic acids is 1. The summed E-state index contributed by atoms with van der Waals surface area (Å²) >= 11 is 0. The Morgan fingerprint density at radius 1 is 1.25 bits per heavy atom. The van der Waals surface area contributed by atoms with Gasteiger partial charge >= 0.3 is 0 Å². The van der Waals surface area contributed by atoms with Crippen LogP contribution >= 0.6 is 0 Å². The first-order chi connectivity index (χ1) is 11.7. The fourth-order valence-electron chi connectivity index (χ4n) is 2.52. The maximum Gasteiger partial charge on any atom is 0.230 e. The lowest BCUT2D eigenvalue weighted by molar-refractivity contribution is -0.115. The second-order valence-corrected chi connectivity index (χ2v) is 5.62. The third kappa shape index (κ3) is 3.72. The number of aliphatic hydroxyl groups excluding tert-OH is 1. The normalized spacial score (nSPS) is 10.8. The minimum atomic E-state index is -0.102. The molecule has 0 atom stereocenters. The lowest BCUT2D eigenvalue weighted by Gasteiger charge is -2.18. The average Bonchev–Trinajstić information content (AvgIpc) is 2.97. The summed E-state index contributed by atoms with van der Waals surface area (Å²) in [4.78, 5) is 18.5. The van der Waals surface area contributed by atoms with E-state index in [0.29, 0.717) is 6.54 Å². The number of likely N-dealkylation sites (N-methyl/N-ethyl adjacent to an activating group) is 1. The highest BCUT2D eigenvalue weighted by Crippen LogP contribution is 2.17. The molecular weight excluding hydrogens is 304 g/mol. The van der Waals surface area contributed by atoms with E-state index < -0.39 is 0 Å². The quantitative estimate of drug-likeness (QED) is 0.727. The summed E-state index contributed by atoms with van der Waals surface area (Å²) in [6.07, 6.45) is 4.00. The van der Waals surface area contributed by atoms with E-state index >= 15 is 0 Å². The summed E-state index contributed by atoms with van der Waals surface area (Å²) in [6.45, 7) is 0.674. The third-order valence-electron chi connectivity index (χ3n) is 3.78. The van der Waals surface area contributed by atoms with Gasteiger partial charge in [-0.15, -0.1) is 0 Å². The van der Waals surface area contributed by atoms with E-state index in [2.05, 4.69) is 10.3 Å². The second kappa shape index (κ2) is 7.14. The zero-order valence-electron chi connectivity index (χ0n) is 13.5. The van der Waals surface area contributed by atoms with Crippen molar-refractivity contribution < 1.29 is 9.90 Å². The van der Waals surface area contributed by atoms with Crippen molar-refractivity contribution in [1.29, 1.82) is 0 Å². The first kappa shape index (κ1) is 16.0. The predicted octanol–water partition coefficient (Wildman–Crippen LogP) is 1.94. The largest absolute Gasteiger partial charge is 0.395 e. The van der Waals surface area contributed by atoms with Crippen LogP contribution in [0.15, 0.2) is 54.9 Å². The molecule has 2 aromatic heterocycles. The number of rotatable bonds is 6. The van der Waals surface area contributed by atoms with Crippen molar-refractivity contribution in [3.63, 3.8) is 0 Å². The lowest BCUT2D eigenvalue weighted by Crippen LogP contribution is -2.21. The summed E-state index contributed by atoms with van der Waals surface area (Å²) in [5, 5.41) is 11.8. The number of pyridine rings is 1. The number of benzene rings is 1. The van der Waals surface area contributed by atoms with Crippen LogP contribution in [0, 0.1) is 0 Å². The standard InChI is InChI=1S/C18H20N4O2/c1-21(10-11-23)16-7-5-14(6-8-16)20-18(24)12-15-13-22-9-3-2-4-17(22)19-15/h2-9,13,23H,10-12H2,1H3,(H,20,24). The van der Waals surface area contributed by atoms with Gasteiger partial charge in [-0.2, -0.15) is 0 Å². The van der Waals surface area contributed by atoms with Crippen LogP contribution in [0.1, 0.15) is 5.69 Å². The molecule has 3 rings (SSSR count). The molecule has 1 amide bonds. The van der Waals surface area contributed by atoms with Crippen molar-refractivity contribution in [1.82, 2.24) is 9.38 Å². The number of nitrogens with zero attached hydrogens (tertiary/aromatic N) is 3. The number of hydrogen-bond donors (Lipinski definition) is 2. The Bertz CT molecular complexity index is 793. The third-order valence-corrected chi connectivity index (χ3v) is 3.78. The summed E-state index contributed by atoms with van der Waals surface area (Å²) in [6, 6.07) is 13.3. The Hall–Kier alpha value is -2.86.